The maximum absolute atomic E-state index is 13.1. The van der Waals surface area contributed by atoms with Crippen molar-refractivity contribution in [3.8, 4) is 0 Å². The molecule has 0 bridgehead atoms. The second-order valence-corrected chi connectivity index (χ2v) is 4.61. The molecule has 0 fully saturated rings. The number of carbonyl (C=O) groups is 1. The van der Waals surface area contributed by atoms with Gasteiger partial charge in [-0.25, -0.2) is 0 Å². The van der Waals surface area contributed by atoms with Crippen LogP contribution in [0.1, 0.15) is 47.3 Å². The molecule has 0 aromatic heterocycles. The van der Waals surface area contributed by atoms with E-state index in [2.05, 4.69) is 4.99 Å². The van der Waals surface area contributed by atoms with E-state index >= 15 is 0 Å². The lowest BCUT2D eigenvalue weighted by molar-refractivity contribution is -0.138. The van der Waals surface area contributed by atoms with Crippen LogP contribution >= 0.6 is 0 Å². The topological polar surface area (TPSA) is 81.5 Å². The molecular weight excluding hydrogens is 283 g/mol. The van der Waals surface area contributed by atoms with Crippen LogP contribution in [0, 0.1) is 0 Å². The first-order valence-corrected chi connectivity index (χ1v) is 6.57. The summed E-state index contributed by atoms with van der Waals surface area (Å²) >= 11 is 0. The molecule has 7 heteroatoms. The number of hydrogen-bond acceptors (Lipinski definition) is 1. The van der Waals surface area contributed by atoms with Crippen LogP contribution in [0.15, 0.2) is 17.1 Å². The zero-order valence-corrected chi connectivity index (χ0v) is 11.9. The highest BCUT2D eigenvalue weighted by Gasteiger charge is 2.34. The first-order chi connectivity index (χ1) is 9.70. The van der Waals surface area contributed by atoms with E-state index in [0.29, 0.717) is 18.4 Å². The molecule has 1 rings (SSSR count). The molecule has 1 amide bonds. The predicted octanol–water partition coefficient (Wildman–Crippen LogP) is 2.63. The number of hydrogen-bond donors (Lipinski definition) is 2. The van der Waals surface area contributed by atoms with E-state index in [1.807, 2.05) is 6.92 Å². The smallest absolute Gasteiger partial charge is 0.370 e. The van der Waals surface area contributed by atoms with Crippen LogP contribution in [-0.2, 0) is 19.0 Å². The summed E-state index contributed by atoms with van der Waals surface area (Å²) in [7, 11) is 0. The summed E-state index contributed by atoms with van der Waals surface area (Å²) in [5, 5.41) is 0. The van der Waals surface area contributed by atoms with Crippen LogP contribution in [-0.4, -0.2) is 11.9 Å². The molecule has 4 N–H and O–H groups in total. The van der Waals surface area contributed by atoms with Crippen LogP contribution in [0.3, 0.4) is 0 Å². The number of carbonyl (C=O) groups excluding carboxylic acids is 1. The number of guanidine groups is 1. The fraction of sp³-hybridized carbons (Fsp3) is 0.429. The van der Waals surface area contributed by atoms with E-state index in [1.54, 1.807) is 6.92 Å². The summed E-state index contributed by atoms with van der Waals surface area (Å²) in [4.78, 5) is 15.2. The van der Waals surface area contributed by atoms with Gasteiger partial charge in [0.25, 0.3) is 5.91 Å². The van der Waals surface area contributed by atoms with Gasteiger partial charge in [0.2, 0.25) is 0 Å². The van der Waals surface area contributed by atoms with E-state index in [0.717, 1.165) is 6.07 Å². The van der Waals surface area contributed by atoms with Crippen molar-refractivity contribution in [3.63, 3.8) is 0 Å². The molecule has 116 valence electrons. The van der Waals surface area contributed by atoms with Gasteiger partial charge in [0.1, 0.15) is 0 Å². The second kappa shape index (κ2) is 6.60. The van der Waals surface area contributed by atoms with Gasteiger partial charge >= 0.3 is 6.18 Å². The Balaban J connectivity index is 3.52. The van der Waals surface area contributed by atoms with Gasteiger partial charge in [0.05, 0.1) is 5.56 Å². The van der Waals surface area contributed by atoms with Crippen LogP contribution in [0.5, 0.6) is 0 Å². The number of benzene rings is 1. The molecule has 0 heterocycles. The third kappa shape index (κ3) is 4.21. The van der Waals surface area contributed by atoms with Gasteiger partial charge < -0.3 is 11.5 Å². The van der Waals surface area contributed by atoms with Crippen LogP contribution in [0.2, 0.25) is 0 Å². The molecule has 0 spiro atoms. The molecule has 0 saturated carbocycles. The average molecular weight is 301 g/mol. The standard InChI is InChI=1S/C14H18F3N3O/c1-3-5-9-6-8(4-2)11(14(15,16)17)7-10(9)12(21)20-13(18)19/h6-7H,3-5H2,1-2H3,(H4,18,19,20,21). The Morgan fingerprint density at radius 3 is 2.24 bits per heavy atom. The monoisotopic (exact) mass is 301 g/mol. The van der Waals surface area contributed by atoms with E-state index in [9.17, 15) is 18.0 Å². The minimum absolute atomic E-state index is 0.102. The van der Waals surface area contributed by atoms with E-state index in [-0.39, 0.29) is 17.5 Å². The molecule has 0 atom stereocenters. The minimum atomic E-state index is -4.52. The van der Waals surface area contributed by atoms with Crippen molar-refractivity contribution in [2.24, 2.45) is 16.5 Å². The molecule has 0 aliphatic carbocycles. The summed E-state index contributed by atoms with van der Waals surface area (Å²) in [5.41, 5.74) is 10.0. The van der Waals surface area contributed by atoms with E-state index in [4.69, 9.17) is 11.5 Å². The Morgan fingerprint density at radius 2 is 1.81 bits per heavy atom. The van der Waals surface area contributed by atoms with Crippen molar-refractivity contribution in [2.75, 3.05) is 0 Å². The number of halogens is 3. The SMILES string of the molecule is CCCc1cc(CC)c(C(F)(F)F)cc1C(=O)N=C(N)N. The number of aliphatic imine (C=N–C) groups is 1. The molecule has 4 nitrogen and oxygen atoms in total. The lowest BCUT2D eigenvalue weighted by Gasteiger charge is -2.16. The average Bonchev–Trinajstić information content (AvgIpc) is 2.36. The van der Waals surface area contributed by atoms with Crippen molar-refractivity contribution in [1.82, 2.24) is 0 Å². The van der Waals surface area contributed by atoms with Gasteiger partial charge in [0.15, 0.2) is 5.96 Å². The highest BCUT2D eigenvalue weighted by Crippen LogP contribution is 2.34. The fourth-order valence-electron chi connectivity index (χ4n) is 2.10. The van der Waals surface area contributed by atoms with E-state index in [1.165, 1.54) is 6.07 Å². The first kappa shape index (κ1) is 17.0. The van der Waals surface area contributed by atoms with E-state index < -0.39 is 23.6 Å². The molecule has 1 aromatic carbocycles. The molecular formula is C14H18F3N3O. The zero-order valence-electron chi connectivity index (χ0n) is 11.9. The Bertz CT molecular complexity index is 561. The van der Waals surface area contributed by atoms with Crippen LogP contribution in [0.25, 0.3) is 0 Å². The number of alkyl halides is 3. The quantitative estimate of drug-likeness (QED) is 0.662. The summed E-state index contributed by atoms with van der Waals surface area (Å²) in [6.45, 7) is 3.51. The molecule has 0 aliphatic heterocycles. The third-order valence-electron chi connectivity index (χ3n) is 3.00. The van der Waals surface area contributed by atoms with Crippen molar-refractivity contribution in [2.45, 2.75) is 39.3 Å². The number of nitrogens with two attached hydrogens (primary N) is 2. The third-order valence-corrected chi connectivity index (χ3v) is 3.00. The molecule has 0 unspecified atom stereocenters. The summed E-state index contributed by atoms with van der Waals surface area (Å²) < 4.78 is 39.2. The number of aryl methyl sites for hydroxylation is 2. The minimum Gasteiger partial charge on any atom is -0.370 e. The highest BCUT2D eigenvalue weighted by molar-refractivity contribution is 6.03. The normalized spacial score (nSPS) is 11.3. The number of rotatable bonds is 4. The number of amides is 1. The second-order valence-electron chi connectivity index (χ2n) is 4.61. The van der Waals surface area contributed by atoms with Gasteiger partial charge in [-0.05, 0) is 30.0 Å². The van der Waals surface area contributed by atoms with Gasteiger partial charge in [-0.3, -0.25) is 4.79 Å². The van der Waals surface area contributed by atoms with Crippen molar-refractivity contribution < 1.29 is 18.0 Å². The Labute approximate surface area is 121 Å². The maximum Gasteiger partial charge on any atom is 0.416 e. The number of nitrogens with zero attached hydrogens (tertiary/aromatic N) is 1. The van der Waals surface area contributed by atoms with Crippen molar-refractivity contribution >= 4 is 11.9 Å². The van der Waals surface area contributed by atoms with Gasteiger partial charge in [0, 0.05) is 5.56 Å². The highest BCUT2D eigenvalue weighted by atomic mass is 19.4. The largest absolute Gasteiger partial charge is 0.416 e. The van der Waals surface area contributed by atoms with Crippen LogP contribution < -0.4 is 11.5 Å². The summed E-state index contributed by atoms with van der Waals surface area (Å²) in [5.74, 6) is -1.33. The molecule has 0 aliphatic rings. The van der Waals surface area contributed by atoms with Gasteiger partial charge in [-0.15, -0.1) is 0 Å². The predicted molar refractivity (Wildman–Crippen MR) is 75.0 cm³/mol. The lowest BCUT2D eigenvalue weighted by atomic mass is 9.94. The molecule has 1 aromatic rings. The van der Waals surface area contributed by atoms with Gasteiger partial charge in [-0.1, -0.05) is 26.3 Å². The lowest BCUT2D eigenvalue weighted by Crippen LogP contribution is -2.24. The Morgan fingerprint density at radius 1 is 1.19 bits per heavy atom. The maximum atomic E-state index is 13.1. The first-order valence-electron chi connectivity index (χ1n) is 6.57. The van der Waals surface area contributed by atoms with Crippen molar-refractivity contribution in [1.29, 1.82) is 0 Å². The molecule has 0 saturated heterocycles. The summed E-state index contributed by atoms with van der Waals surface area (Å²) in [6.07, 6.45) is -3.13. The molecule has 21 heavy (non-hydrogen) atoms. The zero-order chi connectivity index (χ0) is 16.2. The molecule has 0 radical (unpaired) electrons. The van der Waals surface area contributed by atoms with Crippen molar-refractivity contribution in [3.05, 3.63) is 34.4 Å². The fourth-order valence-corrected chi connectivity index (χ4v) is 2.10. The Kier molecular flexibility index (Phi) is 5.34. The van der Waals surface area contributed by atoms with Gasteiger partial charge in [-0.2, -0.15) is 18.2 Å². The Hall–Kier alpha value is -2.05. The van der Waals surface area contributed by atoms with Crippen LogP contribution in [0.4, 0.5) is 13.2 Å². The summed E-state index contributed by atoms with van der Waals surface area (Å²) in [6, 6.07) is 2.26.